The van der Waals surface area contributed by atoms with Gasteiger partial charge in [0.1, 0.15) is 12.6 Å². The number of nitrogens with one attached hydrogen (secondary N) is 1. The van der Waals surface area contributed by atoms with Crippen molar-refractivity contribution in [3.63, 3.8) is 0 Å². The number of hydrogen-bond donors (Lipinski definition) is 1. The quantitative estimate of drug-likeness (QED) is 0.359. The molecule has 0 spiro atoms. The molecule has 1 atom stereocenters. The van der Waals surface area contributed by atoms with Gasteiger partial charge in [-0.15, -0.1) is 0 Å². The van der Waals surface area contributed by atoms with Crippen LogP contribution in [0.3, 0.4) is 0 Å². The third-order valence-electron chi connectivity index (χ3n) is 6.69. The van der Waals surface area contributed by atoms with E-state index >= 15 is 0 Å². The molecule has 3 rings (SSSR count). The first-order valence-corrected chi connectivity index (χ1v) is 14.7. The van der Waals surface area contributed by atoms with E-state index in [0.717, 1.165) is 26.6 Å². The number of nitrogens with zero attached hydrogens (tertiary/aromatic N) is 2. The van der Waals surface area contributed by atoms with Gasteiger partial charge in [0.2, 0.25) is 11.8 Å². The van der Waals surface area contributed by atoms with Crippen LogP contribution in [0.5, 0.6) is 0 Å². The van der Waals surface area contributed by atoms with Crippen LogP contribution in [0.1, 0.15) is 49.4 Å². The molecule has 0 saturated heterocycles. The number of para-hydroxylation sites is 1. The lowest BCUT2D eigenvalue weighted by atomic mass is 10.1. The first kappa shape index (κ1) is 29.9. The van der Waals surface area contributed by atoms with Gasteiger partial charge in [0.05, 0.1) is 10.6 Å². The van der Waals surface area contributed by atoms with Gasteiger partial charge < -0.3 is 10.2 Å². The summed E-state index contributed by atoms with van der Waals surface area (Å²) < 4.78 is 29.1. The fourth-order valence-corrected chi connectivity index (χ4v) is 5.94. The third-order valence-corrected chi connectivity index (χ3v) is 8.46. The fourth-order valence-electron chi connectivity index (χ4n) is 4.47. The second kappa shape index (κ2) is 12.9. The van der Waals surface area contributed by atoms with E-state index in [9.17, 15) is 18.0 Å². The van der Waals surface area contributed by atoms with Gasteiger partial charge >= 0.3 is 0 Å². The number of sulfonamides is 1. The first-order valence-electron chi connectivity index (χ1n) is 13.2. The number of amides is 2. The van der Waals surface area contributed by atoms with Gasteiger partial charge in [-0.05, 0) is 75.9 Å². The SMILES string of the molecule is CCC(C(=O)NC(C)C)N(Cc1ccccc1C)C(=O)CN(c1ccccc1C)S(=O)(=O)c1ccc(C)cc1. The number of hydrogen-bond acceptors (Lipinski definition) is 4. The predicted octanol–water partition coefficient (Wildman–Crippen LogP) is 5.14. The molecular formula is C31H39N3O4S. The summed E-state index contributed by atoms with van der Waals surface area (Å²) in [5.74, 6) is -0.721. The Kier molecular flexibility index (Phi) is 9.92. The Bertz CT molecular complexity index is 1400. The lowest BCUT2D eigenvalue weighted by molar-refractivity contribution is -0.140. The minimum absolute atomic E-state index is 0.0965. The largest absolute Gasteiger partial charge is 0.352 e. The summed E-state index contributed by atoms with van der Waals surface area (Å²) in [5.41, 5.74) is 3.94. The maximum atomic E-state index is 14.1. The summed E-state index contributed by atoms with van der Waals surface area (Å²) in [4.78, 5) is 29.0. The van der Waals surface area contributed by atoms with Gasteiger partial charge in [-0.25, -0.2) is 8.42 Å². The molecule has 0 aromatic heterocycles. The van der Waals surface area contributed by atoms with Crippen molar-refractivity contribution in [2.24, 2.45) is 0 Å². The van der Waals surface area contributed by atoms with E-state index in [1.54, 1.807) is 36.4 Å². The summed E-state index contributed by atoms with van der Waals surface area (Å²) in [5, 5.41) is 2.92. The molecule has 208 valence electrons. The number of anilines is 1. The van der Waals surface area contributed by atoms with E-state index in [2.05, 4.69) is 5.32 Å². The van der Waals surface area contributed by atoms with Crippen molar-refractivity contribution >= 4 is 27.5 Å². The monoisotopic (exact) mass is 549 g/mol. The molecule has 39 heavy (non-hydrogen) atoms. The Hall–Kier alpha value is -3.65. The zero-order valence-electron chi connectivity index (χ0n) is 23.6. The highest BCUT2D eigenvalue weighted by molar-refractivity contribution is 7.92. The molecule has 8 heteroatoms. The zero-order chi connectivity index (χ0) is 28.7. The number of carbonyl (C=O) groups excluding carboxylic acids is 2. The van der Waals surface area contributed by atoms with Crippen molar-refractivity contribution < 1.29 is 18.0 Å². The molecule has 0 aliphatic heterocycles. The number of carbonyl (C=O) groups is 2. The van der Waals surface area contributed by atoms with Crippen LogP contribution in [0.15, 0.2) is 77.7 Å². The molecule has 0 saturated carbocycles. The molecule has 3 aromatic carbocycles. The van der Waals surface area contributed by atoms with E-state index in [1.807, 2.05) is 77.9 Å². The molecule has 0 radical (unpaired) electrons. The smallest absolute Gasteiger partial charge is 0.264 e. The second-order valence-corrected chi connectivity index (χ2v) is 12.0. The van der Waals surface area contributed by atoms with Gasteiger partial charge in [0, 0.05) is 12.6 Å². The van der Waals surface area contributed by atoms with Gasteiger partial charge in [0.25, 0.3) is 10.0 Å². The van der Waals surface area contributed by atoms with Crippen LogP contribution in [0.25, 0.3) is 0 Å². The van der Waals surface area contributed by atoms with E-state index in [-0.39, 0.29) is 23.4 Å². The van der Waals surface area contributed by atoms with E-state index in [1.165, 1.54) is 4.90 Å². The average Bonchev–Trinajstić information content (AvgIpc) is 2.88. The molecular weight excluding hydrogens is 510 g/mol. The Morgan fingerprint density at radius 2 is 1.44 bits per heavy atom. The number of aryl methyl sites for hydroxylation is 3. The highest BCUT2D eigenvalue weighted by Gasteiger charge is 2.34. The summed E-state index contributed by atoms with van der Waals surface area (Å²) in [6.07, 6.45) is 0.380. The Labute approximate surface area is 232 Å². The van der Waals surface area contributed by atoms with Crippen LogP contribution < -0.4 is 9.62 Å². The Morgan fingerprint density at radius 1 is 0.846 bits per heavy atom. The van der Waals surface area contributed by atoms with Crippen molar-refractivity contribution in [1.29, 1.82) is 0 Å². The van der Waals surface area contributed by atoms with Gasteiger partial charge in [-0.3, -0.25) is 13.9 Å². The summed E-state index contributed by atoms with van der Waals surface area (Å²) >= 11 is 0. The molecule has 0 fully saturated rings. The highest BCUT2D eigenvalue weighted by atomic mass is 32.2. The van der Waals surface area contributed by atoms with Crippen molar-refractivity contribution in [2.75, 3.05) is 10.8 Å². The highest BCUT2D eigenvalue weighted by Crippen LogP contribution is 2.28. The number of rotatable bonds is 11. The summed E-state index contributed by atoms with van der Waals surface area (Å²) in [6, 6.07) is 20.5. The molecule has 1 unspecified atom stereocenters. The molecule has 0 bridgehead atoms. The van der Waals surface area contributed by atoms with Crippen molar-refractivity contribution in [1.82, 2.24) is 10.2 Å². The topological polar surface area (TPSA) is 86.8 Å². The van der Waals surface area contributed by atoms with Crippen molar-refractivity contribution in [2.45, 2.75) is 71.5 Å². The summed E-state index contributed by atoms with van der Waals surface area (Å²) in [6.45, 7) is 11.0. The number of benzene rings is 3. The van der Waals surface area contributed by atoms with Crippen LogP contribution in [0, 0.1) is 20.8 Å². The van der Waals surface area contributed by atoms with Crippen LogP contribution in [-0.4, -0.2) is 43.8 Å². The standard InChI is InChI=1S/C31H39N3O4S/c1-7-28(31(36)32-22(2)3)33(20-26-14-10-8-12-24(26)5)30(35)21-34(29-15-11-9-13-25(29)6)39(37,38)27-18-16-23(4)17-19-27/h8-19,22,28H,7,20-21H2,1-6H3,(H,32,36). The molecule has 0 aliphatic rings. The second-order valence-electron chi connectivity index (χ2n) is 10.1. The van der Waals surface area contributed by atoms with E-state index in [4.69, 9.17) is 0 Å². The summed E-state index contributed by atoms with van der Waals surface area (Å²) in [7, 11) is -4.09. The molecule has 0 heterocycles. The molecule has 0 aliphatic carbocycles. The van der Waals surface area contributed by atoms with Crippen LogP contribution in [-0.2, 0) is 26.2 Å². The van der Waals surface area contributed by atoms with E-state index < -0.39 is 28.5 Å². The normalized spacial score (nSPS) is 12.2. The Morgan fingerprint density at radius 3 is 2.00 bits per heavy atom. The van der Waals surface area contributed by atoms with Crippen LogP contribution >= 0.6 is 0 Å². The maximum Gasteiger partial charge on any atom is 0.264 e. The average molecular weight is 550 g/mol. The van der Waals surface area contributed by atoms with Crippen molar-refractivity contribution in [3.05, 3.63) is 95.1 Å². The minimum Gasteiger partial charge on any atom is -0.352 e. The molecule has 7 nitrogen and oxygen atoms in total. The molecule has 1 N–H and O–H groups in total. The molecule has 2 amide bonds. The van der Waals surface area contributed by atoms with Crippen LogP contribution in [0.4, 0.5) is 5.69 Å². The minimum atomic E-state index is -4.09. The predicted molar refractivity (Wildman–Crippen MR) is 156 cm³/mol. The lowest BCUT2D eigenvalue weighted by Gasteiger charge is -2.34. The van der Waals surface area contributed by atoms with Crippen LogP contribution in [0.2, 0.25) is 0 Å². The van der Waals surface area contributed by atoms with Crippen molar-refractivity contribution in [3.8, 4) is 0 Å². The maximum absolute atomic E-state index is 14.1. The Balaban J connectivity index is 2.09. The fraction of sp³-hybridized carbons (Fsp3) is 0.355. The lowest BCUT2D eigenvalue weighted by Crippen LogP contribution is -2.53. The zero-order valence-corrected chi connectivity index (χ0v) is 24.5. The molecule has 3 aromatic rings. The van der Waals surface area contributed by atoms with E-state index in [0.29, 0.717) is 12.1 Å². The first-order chi connectivity index (χ1) is 18.4. The van der Waals surface area contributed by atoms with Gasteiger partial charge in [-0.2, -0.15) is 0 Å². The van der Waals surface area contributed by atoms with Gasteiger partial charge in [-0.1, -0.05) is 67.1 Å². The third kappa shape index (κ3) is 7.26. The van der Waals surface area contributed by atoms with Gasteiger partial charge in [0.15, 0.2) is 0 Å².